The van der Waals surface area contributed by atoms with E-state index in [2.05, 4.69) is 51.9 Å². The van der Waals surface area contributed by atoms with E-state index in [0.717, 1.165) is 50.0 Å². The lowest BCUT2D eigenvalue weighted by atomic mass is 9.90. The molecule has 1 aliphatic heterocycles. The normalized spacial score (nSPS) is 11.2. The highest BCUT2D eigenvalue weighted by Crippen LogP contribution is 2.43. The summed E-state index contributed by atoms with van der Waals surface area (Å²) in [5, 5.41) is 2.14. The Bertz CT molecular complexity index is 1280. The van der Waals surface area contributed by atoms with Crippen LogP contribution in [0.25, 0.3) is 33.4 Å². The summed E-state index contributed by atoms with van der Waals surface area (Å²) in [5.74, 6) is 0.837. The molecule has 0 saturated heterocycles. The third-order valence-electron chi connectivity index (χ3n) is 5.54. The van der Waals surface area contributed by atoms with Crippen molar-refractivity contribution in [3.05, 3.63) is 59.5 Å². The Morgan fingerprint density at radius 2 is 1.62 bits per heavy atom. The fraction of sp³-hybridized carbons (Fsp3) is 0.208. The summed E-state index contributed by atoms with van der Waals surface area (Å²) in [6.45, 7) is 2.02. The Morgan fingerprint density at radius 3 is 2.31 bits per heavy atom. The summed E-state index contributed by atoms with van der Waals surface area (Å²) in [6, 6.07) is 16.5. The lowest BCUT2D eigenvalue weighted by Crippen LogP contribution is -2.21. The van der Waals surface area contributed by atoms with Crippen LogP contribution in [-0.2, 0) is 0 Å². The summed E-state index contributed by atoms with van der Waals surface area (Å²) in [5.41, 5.74) is 19.7. The molecule has 0 unspecified atom stereocenters. The minimum atomic E-state index is 0.602. The first kappa shape index (κ1) is 18.9. The zero-order chi connectivity index (χ0) is 20.9. The van der Waals surface area contributed by atoms with Gasteiger partial charge >= 0.3 is 0 Å². The molecule has 0 spiro atoms. The molecule has 5 heteroatoms. The Hall–Kier alpha value is -3.47. The molecule has 148 valence electrons. The first-order valence-corrected chi connectivity index (χ1v) is 9.61. The topological polar surface area (TPSA) is 71.4 Å². The van der Waals surface area contributed by atoms with Gasteiger partial charge in [-0.25, -0.2) is 4.58 Å². The molecule has 4 N–H and O–H groups in total. The van der Waals surface area contributed by atoms with Crippen LogP contribution in [-0.4, -0.2) is 28.2 Å². The molecule has 5 nitrogen and oxygen atoms in total. The second-order valence-corrected chi connectivity index (χ2v) is 7.87. The van der Waals surface area contributed by atoms with E-state index < -0.39 is 0 Å². The second-order valence-electron chi connectivity index (χ2n) is 7.87. The van der Waals surface area contributed by atoms with Crippen LogP contribution in [0.5, 0.6) is 0 Å². The van der Waals surface area contributed by atoms with Crippen LogP contribution in [0.4, 0.5) is 17.1 Å². The van der Waals surface area contributed by atoms with Crippen LogP contribution in [0.15, 0.2) is 52.9 Å². The van der Waals surface area contributed by atoms with Gasteiger partial charge in [0.25, 0.3) is 0 Å². The quantitative estimate of drug-likeness (QED) is 0.312. The fourth-order valence-corrected chi connectivity index (χ4v) is 3.73. The van der Waals surface area contributed by atoms with Gasteiger partial charge in [0, 0.05) is 48.4 Å². The summed E-state index contributed by atoms with van der Waals surface area (Å²) >= 11 is 0. The van der Waals surface area contributed by atoms with Gasteiger partial charge in [0.2, 0.25) is 5.36 Å². The maximum Gasteiger partial charge on any atom is 0.203 e. The van der Waals surface area contributed by atoms with Gasteiger partial charge in [-0.2, -0.15) is 0 Å². The van der Waals surface area contributed by atoms with Gasteiger partial charge in [0.05, 0.1) is 17.4 Å². The third kappa shape index (κ3) is 3.09. The molecule has 2 aromatic rings. The van der Waals surface area contributed by atoms with Crippen molar-refractivity contribution in [3.8, 4) is 22.5 Å². The van der Waals surface area contributed by atoms with Gasteiger partial charge in [-0.05, 0) is 42.3 Å². The van der Waals surface area contributed by atoms with Crippen molar-refractivity contribution >= 4 is 28.0 Å². The van der Waals surface area contributed by atoms with E-state index in [1.807, 2.05) is 41.2 Å². The van der Waals surface area contributed by atoms with Gasteiger partial charge in [0.15, 0.2) is 0 Å². The highest BCUT2D eigenvalue weighted by molar-refractivity contribution is 6.04. The molecule has 29 heavy (non-hydrogen) atoms. The Morgan fingerprint density at radius 1 is 0.897 bits per heavy atom. The smallest absolute Gasteiger partial charge is 0.203 e. The lowest BCUT2D eigenvalue weighted by molar-refractivity contribution is 0.617. The Labute approximate surface area is 170 Å². The van der Waals surface area contributed by atoms with Gasteiger partial charge < -0.3 is 20.8 Å². The number of fused-ring (bicyclic) bond motifs is 2. The molecule has 2 aliphatic rings. The molecule has 0 atom stereocenters. The number of anilines is 3. The number of rotatable bonds is 2. The maximum atomic E-state index is 6.37. The second kappa shape index (κ2) is 6.85. The summed E-state index contributed by atoms with van der Waals surface area (Å²) in [7, 11) is 8.10. The maximum absolute atomic E-state index is 6.37. The molecule has 1 aliphatic carbocycles. The number of benzene rings is 3. The van der Waals surface area contributed by atoms with Gasteiger partial charge in [-0.15, -0.1) is 0 Å². The highest BCUT2D eigenvalue weighted by atomic mass is 16.3. The van der Waals surface area contributed by atoms with E-state index in [-0.39, 0.29) is 0 Å². The number of nitrogens with zero attached hydrogens (tertiary/aromatic N) is 2. The van der Waals surface area contributed by atoms with Crippen molar-refractivity contribution < 1.29 is 4.42 Å². The zero-order valence-corrected chi connectivity index (χ0v) is 17.6. The monoisotopic (exact) mass is 387 g/mol. The van der Waals surface area contributed by atoms with Crippen molar-refractivity contribution in [2.45, 2.75) is 6.92 Å². The molecule has 0 amide bonds. The molecule has 2 aromatic carbocycles. The molecule has 0 bridgehead atoms. The predicted molar refractivity (Wildman–Crippen MR) is 123 cm³/mol. The zero-order valence-electron chi connectivity index (χ0n) is 17.6. The molecule has 4 rings (SSSR count). The van der Waals surface area contributed by atoms with Crippen LogP contribution in [0, 0.1) is 6.92 Å². The van der Waals surface area contributed by atoms with Crippen LogP contribution in [0.1, 0.15) is 5.56 Å². The van der Waals surface area contributed by atoms with E-state index in [1.165, 1.54) is 0 Å². The van der Waals surface area contributed by atoms with Crippen molar-refractivity contribution in [1.82, 2.24) is 4.58 Å². The Kier molecular flexibility index (Phi) is 4.46. The number of hydrogen-bond acceptors (Lipinski definition) is 4. The molecule has 1 heterocycles. The SMILES string of the molecule is Cc1c(-c2c3ccc(=[N+](C)C)cc-3oc3cc(N(C)C)ccc23)ccc(N)c1N. The summed E-state index contributed by atoms with van der Waals surface area (Å²) in [6.07, 6.45) is 0. The van der Waals surface area contributed by atoms with Crippen LogP contribution in [0.2, 0.25) is 0 Å². The van der Waals surface area contributed by atoms with Crippen molar-refractivity contribution in [2.24, 2.45) is 0 Å². The van der Waals surface area contributed by atoms with Gasteiger partial charge in [-0.3, -0.25) is 0 Å². The molecule has 0 saturated carbocycles. The van der Waals surface area contributed by atoms with Crippen LogP contribution >= 0.6 is 0 Å². The predicted octanol–water partition coefficient (Wildman–Crippen LogP) is 3.78. The third-order valence-corrected chi connectivity index (χ3v) is 5.54. The van der Waals surface area contributed by atoms with E-state index in [1.54, 1.807) is 0 Å². The summed E-state index contributed by atoms with van der Waals surface area (Å²) < 4.78 is 8.45. The van der Waals surface area contributed by atoms with Crippen molar-refractivity contribution in [3.63, 3.8) is 0 Å². The molecule has 0 radical (unpaired) electrons. The van der Waals surface area contributed by atoms with Crippen LogP contribution < -0.4 is 26.3 Å². The van der Waals surface area contributed by atoms with Crippen molar-refractivity contribution in [2.75, 3.05) is 44.6 Å². The first-order chi connectivity index (χ1) is 13.8. The number of nitrogen functional groups attached to an aromatic ring is 2. The van der Waals surface area contributed by atoms with E-state index in [0.29, 0.717) is 11.4 Å². The molecule has 0 aromatic heterocycles. The van der Waals surface area contributed by atoms with Crippen LogP contribution in [0.3, 0.4) is 0 Å². The molecular weight excluding hydrogens is 360 g/mol. The average molecular weight is 388 g/mol. The first-order valence-electron chi connectivity index (χ1n) is 9.61. The molecular formula is C24H27N4O+. The fourth-order valence-electron chi connectivity index (χ4n) is 3.73. The minimum absolute atomic E-state index is 0.602. The van der Waals surface area contributed by atoms with E-state index in [4.69, 9.17) is 15.9 Å². The lowest BCUT2D eigenvalue weighted by Gasteiger charge is -2.19. The summed E-state index contributed by atoms with van der Waals surface area (Å²) in [4.78, 5) is 2.07. The highest BCUT2D eigenvalue weighted by Gasteiger charge is 2.20. The van der Waals surface area contributed by atoms with Crippen molar-refractivity contribution in [1.29, 1.82) is 0 Å². The molecule has 0 fully saturated rings. The average Bonchev–Trinajstić information content (AvgIpc) is 2.70. The minimum Gasteiger partial charge on any atom is -0.456 e. The van der Waals surface area contributed by atoms with E-state index >= 15 is 0 Å². The number of hydrogen-bond donors (Lipinski definition) is 2. The van der Waals surface area contributed by atoms with E-state index in [9.17, 15) is 0 Å². The Balaban J connectivity index is 2.18. The standard InChI is InChI=1S/C24H26N4O/c1-14-17(10-11-20(25)24(14)26)23-18-8-6-15(27(2)3)12-21(18)29-22-13-16(28(4)5)7-9-19(22)23/h6-13,25H,26H2,1-5H3/p+1. The van der Waals surface area contributed by atoms with Gasteiger partial charge in [-0.1, -0.05) is 6.07 Å². The van der Waals surface area contributed by atoms with Gasteiger partial charge in [0.1, 0.15) is 25.4 Å². The number of nitrogens with two attached hydrogens (primary N) is 2. The largest absolute Gasteiger partial charge is 0.456 e.